The Morgan fingerprint density at radius 1 is 0.914 bits per heavy atom. The zero-order chi connectivity index (χ0) is 24.5. The third-order valence-electron chi connectivity index (χ3n) is 7.34. The molecule has 7 heteroatoms. The lowest BCUT2D eigenvalue weighted by Crippen LogP contribution is -2.36. The second-order valence-electron chi connectivity index (χ2n) is 9.32. The Balaban J connectivity index is 1.73. The van der Waals surface area contributed by atoms with Gasteiger partial charge in [0.1, 0.15) is 0 Å². The number of methoxy groups -OCH3 is 2. The molecule has 2 aliphatic heterocycles. The molecule has 0 atom stereocenters. The molecule has 0 radical (unpaired) electrons. The van der Waals surface area contributed by atoms with Gasteiger partial charge in [-0.1, -0.05) is 6.07 Å². The van der Waals surface area contributed by atoms with Gasteiger partial charge < -0.3 is 19.3 Å². The Morgan fingerprint density at radius 2 is 1.63 bits per heavy atom. The van der Waals surface area contributed by atoms with Crippen LogP contribution in [0.2, 0.25) is 0 Å². The summed E-state index contributed by atoms with van der Waals surface area (Å²) in [5.74, 6) is 0.912. The summed E-state index contributed by atoms with van der Waals surface area (Å²) in [6.07, 6.45) is 7.02. The van der Waals surface area contributed by atoms with Gasteiger partial charge in [0.05, 0.1) is 30.9 Å². The van der Waals surface area contributed by atoms with Crippen molar-refractivity contribution < 1.29 is 14.3 Å². The summed E-state index contributed by atoms with van der Waals surface area (Å²) >= 11 is 0. The minimum absolute atomic E-state index is 0.0520. The lowest BCUT2D eigenvalue weighted by atomic mass is 10.0. The number of aryl methyl sites for hydroxylation is 1. The molecule has 3 aromatic rings. The number of amides is 1. The molecular weight excluding hydrogens is 442 g/mol. The number of aromatic nitrogens is 1. The molecule has 1 saturated heterocycles. The molecule has 5 rings (SSSR count). The first-order valence-corrected chi connectivity index (χ1v) is 12.5. The standard InChI is InChI=1S/C28H33N3O4/c1-4-29-14-8-9-19-10-11-20(15-24(19)29)31-18-23(27(32)30-12-6-5-7-13-30)21-16-25(34-2)26(35-3)17-22(21)28(31)33/h10-11,15-18H,4-9,12-14H2,1-3H3. The molecule has 2 aliphatic rings. The molecule has 7 nitrogen and oxygen atoms in total. The van der Waals surface area contributed by atoms with Crippen molar-refractivity contribution in [1.29, 1.82) is 0 Å². The molecular formula is C28H33N3O4. The van der Waals surface area contributed by atoms with E-state index >= 15 is 0 Å². The number of hydrogen-bond acceptors (Lipinski definition) is 5. The maximum atomic E-state index is 13.8. The van der Waals surface area contributed by atoms with Crippen molar-refractivity contribution in [3.05, 3.63) is 58.0 Å². The van der Waals surface area contributed by atoms with E-state index in [1.165, 1.54) is 11.3 Å². The predicted molar refractivity (Wildman–Crippen MR) is 139 cm³/mol. The van der Waals surface area contributed by atoms with Gasteiger partial charge in [-0.2, -0.15) is 0 Å². The molecule has 0 N–H and O–H groups in total. The smallest absolute Gasteiger partial charge is 0.263 e. The monoisotopic (exact) mass is 475 g/mol. The zero-order valence-corrected chi connectivity index (χ0v) is 20.8. The second kappa shape index (κ2) is 9.64. The summed E-state index contributed by atoms with van der Waals surface area (Å²) in [6.45, 7) is 5.54. The number of anilines is 1. The largest absolute Gasteiger partial charge is 0.493 e. The highest BCUT2D eigenvalue weighted by Gasteiger charge is 2.24. The highest BCUT2D eigenvalue weighted by molar-refractivity contribution is 6.07. The van der Waals surface area contributed by atoms with Gasteiger partial charge in [-0.05, 0) is 68.9 Å². The van der Waals surface area contributed by atoms with Crippen LogP contribution in [0.3, 0.4) is 0 Å². The molecule has 35 heavy (non-hydrogen) atoms. The molecule has 1 fully saturated rings. The first-order chi connectivity index (χ1) is 17.0. The SMILES string of the molecule is CCN1CCCc2ccc(-n3cc(C(=O)N4CCCCC4)c4cc(OC)c(OC)cc4c3=O)cc21. The van der Waals surface area contributed by atoms with E-state index in [0.29, 0.717) is 27.8 Å². The molecule has 0 aliphatic carbocycles. The van der Waals surface area contributed by atoms with Crippen LogP contribution in [-0.4, -0.2) is 55.8 Å². The highest BCUT2D eigenvalue weighted by Crippen LogP contribution is 2.34. The van der Waals surface area contributed by atoms with Gasteiger partial charge in [-0.3, -0.25) is 14.2 Å². The number of fused-ring (bicyclic) bond motifs is 2. The van der Waals surface area contributed by atoms with Crippen LogP contribution in [0, 0.1) is 0 Å². The van der Waals surface area contributed by atoms with E-state index in [2.05, 4.69) is 24.0 Å². The van der Waals surface area contributed by atoms with E-state index < -0.39 is 0 Å². The number of ether oxygens (including phenoxy) is 2. The topological polar surface area (TPSA) is 64.0 Å². The van der Waals surface area contributed by atoms with E-state index in [-0.39, 0.29) is 11.5 Å². The molecule has 0 unspecified atom stereocenters. The first-order valence-electron chi connectivity index (χ1n) is 12.5. The number of likely N-dealkylation sites (tertiary alicyclic amines) is 1. The minimum atomic E-state index is -0.185. The van der Waals surface area contributed by atoms with Gasteiger partial charge in [0.25, 0.3) is 11.5 Å². The van der Waals surface area contributed by atoms with Crippen molar-refractivity contribution in [2.75, 3.05) is 45.3 Å². The van der Waals surface area contributed by atoms with Crippen LogP contribution in [-0.2, 0) is 6.42 Å². The average Bonchev–Trinajstić information content (AvgIpc) is 2.92. The van der Waals surface area contributed by atoms with Crippen LogP contribution >= 0.6 is 0 Å². The molecule has 2 aromatic carbocycles. The predicted octanol–water partition coefficient (Wildman–Crippen LogP) is 4.41. The number of benzene rings is 2. The maximum absolute atomic E-state index is 13.8. The van der Waals surface area contributed by atoms with Gasteiger partial charge in [0.2, 0.25) is 0 Å². The quantitative estimate of drug-likeness (QED) is 0.547. The van der Waals surface area contributed by atoms with Crippen molar-refractivity contribution in [1.82, 2.24) is 9.47 Å². The fraction of sp³-hybridized carbons (Fsp3) is 0.429. The van der Waals surface area contributed by atoms with Crippen LogP contribution in [0.15, 0.2) is 41.3 Å². The average molecular weight is 476 g/mol. The van der Waals surface area contributed by atoms with E-state index in [4.69, 9.17) is 9.47 Å². The van der Waals surface area contributed by atoms with Crippen molar-refractivity contribution in [3.63, 3.8) is 0 Å². The summed E-state index contributed by atoms with van der Waals surface area (Å²) in [6, 6.07) is 9.63. The molecule has 0 bridgehead atoms. The summed E-state index contributed by atoms with van der Waals surface area (Å²) in [4.78, 5) is 31.8. The zero-order valence-electron chi connectivity index (χ0n) is 20.8. The normalized spacial score (nSPS) is 15.7. The van der Waals surface area contributed by atoms with Crippen molar-refractivity contribution in [3.8, 4) is 17.2 Å². The Labute approximate surface area is 205 Å². The molecule has 184 valence electrons. The van der Waals surface area contributed by atoms with Crippen molar-refractivity contribution in [2.45, 2.75) is 39.0 Å². The van der Waals surface area contributed by atoms with Gasteiger partial charge in [-0.15, -0.1) is 0 Å². The van der Waals surface area contributed by atoms with Crippen LogP contribution < -0.4 is 19.9 Å². The number of pyridine rings is 1. The highest BCUT2D eigenvalue weighted by atomic mass is 16.5. The summed E-state index contributed by atoms with van der Waals surface area (Å²) < 4.78 is 12.6. The Kier molecular flexibility index (Phi) is 6.41. The van der Waals surface area contributed by atoms with Gasteiger partial charge in [0.15, 0.2) is 11.5 Å². The number of rotatable bonds is 5. The van der Waals surface area contributed by atoms with Gasteiger partial charge in [-0.25, -0.2) is 0 Å². The molecule has 1 aromatic heterocycles. The van der Waals surface area contributed by atoms with Crippen molar-refractivity contribution >= 4 is 22.4 Å². The van der Waals surface area contributed by atoms with Gasteiger partial charge in [0, 0.05) is 43.4 Å². The van der Waals surface area contributed by atoms with E-state index in [1.54, 1.807) is 37.1 Å². The van der Waals surface area contributed by atoms with E-state index in [1.807, 2.05) is 11.0 Å². The van der Waals surface area contributed by atoms with Crippen LogP contribution in [0.4, 0.5) is 5.69 Å². The number of nitrogens with zero attached hydrogens (tertiary/aromatic N) is 3. The molecule has 3 heterocycles. The number of carbonyl (C=O) groups is 1. The number of hydrogen-bond donors (Lipinski definition) is 0. The molecule has 1 amide bonds. The Morgan fingerprint density at radius 3 is 2.31 bits per heavy atom. The van der Waals surface area contributed by atoms with Crippen LogP contribution in [0.1, 0.15) is 48.5 Å². The van der Waals surface area contributed by atoms with E-state index in [9.17, 15) is 9.59 Å². The first kappa shape index (κ1) is 23.3. The summed E-state index contributed by atoms with van der Waals surface area (Å²) in [5.41, 5.74) is 3.55. The third kappa shape index (κ3) is 4.13. The van der Waals surface area contributed by atoms with Crippen LogP contribution in [0.5, 0.6) is 11.5 Å². The minimum Gasteiger partial charge on any atom is -0.493 e. The lowest BCUT2D eigenvalue weighted by molar-refractivity contribution is 0.0725. The fourth-order valence-corrected chi connectivity index (χ4v) is 5.41. The lowest BCUT2D eigenvalue weighted by Gasteiger charge is -2.31. The van der Waals surface area contributed by atoms with E-state index in [0.717, 1.165) is 64.0 Å². The van der Waals surface area contributed by atoms with Crippen molar-refractivity contribution in [2.24, 2.45) is 0 Å². The molecule has 0 saturated carbocycles. The third-order valence-corrected chi connectivity index (χ3v) is 7.34. The number of carbonyl (C=O) groups excluding carboxylic acids is 1. The maximum Gasteiger partial charge on any atom is 0.263 e. The van der Waals surface area contributed by atoms with Gasteiger partial charge >= 0.3 is 0 Å². The number of piperidine rings is 1. The Hall–Kier alpha value is -3.48. The summed E-state index contributed by atoms with van der Waals surface area (Å²) in [7, 11) is 3.11. The molecule has 0 spiro atoms. The Bertz CT molecular complexity index is 1320. The fourth-order valence-electron chi connectivity index (χ4n) is 5.41. The van der Waals surface area contributed by atoms with Crippen LogP contribution in [0.25, 0.3) is 16.5 Å². The summed E-state index contributed by atoms with van der Waals surface area (Å²) in [5, 5.41) is 1.03. The second-order valence-corrected chi connectivity index (χ2v) is 9.32.